The van der Waals surface area contributed by atoms with Crippen LogP contribution < -0.4 is 0 Å². The molecule has 0 unspecified atom stereocenters. The van der Waals surface area contributed by atoms with Gasteiger partial charge in [0.2, 0.25) is 0 Å². The summed E-state index contributed by atoms with van der Waals surface area (Å²) >= 11 is 0. The number of amides is 1. The lowest BCUT2D eigenvalue weighted by atomic mass is 10.1. The van der Waals surface area contributed by atoms with E-state index in [2.05, 4.69) is 4.90 Å². The molecule has 0 radical (unpaired) electrons. The molecule has 24 heavy (non-hydrogen) atoms. The fraction of sp³-hybridized carbons (Fsp3) is 0.632. The molecule has 0 spiro atoms. The van der Waals surface area contributed by atoms with Gasteiger partial charge in [-0.2, -0.15) is 0 Å². The Morgan fingerprint density at radius 2 is 2.04 bits per heavy atom. The highest BCUT2D eigenvalue weighted by Crippen LogP contribution is 2.33. The van der Waals surface area contributed by atoms with E-state index >= 15 is 0 Å². The lowest BCUT2D eigenvalue weighted by Gasteiger charge is -2.36. The number of carbonyl (C=O) groups is 1. The van der Waals surface area contributed by atoms with E-state index < -0.39 is 0 Å². The first-order valence-corrected chi connectivity index (χ1v) is 8.97. The SMILES string of the molecule is COCc1ccc(C(=O)N2C[C@@H]3OCCN(CC4CC4)[C@@H]3C2)cc1. The molecule has 1 aromatic rings. The van der Waals surface area contributed by atoms with Crippen molar-refractivity contribution in [1.82, 2.24) is 9.80 Å². The second-order valence-corrected chi connectivity index (χ2v) is 7.25. The summed E-state index contributed by atoms with van der Waals surface area (Å²) in [5.74, 6) is 0.991. The fourth-order valence-electron chi connectivity index (χ4n) is 3.88. The molecule has 4 rings (SSSR count). The maximum atomic E-state index is 12.8. The second kappa shape index (κ2) is 6.82. The lowest BCUT2D eigenvalue weighted by molar-refractivity contribution is -0.0484. The fourth-order valence-corrected chi connectivity index (χ4v) is 3.88. The van der Waals surface area contributed by atoms with Crippen molar-refractivity contribution in [2.24, 2.45) is 5.92 Å². The molecule has 2 atom stereocenters. The van der Waals surface area contributed by atoms with E-state index in [9.17, 15) is 4.79 Å². The molecular formula is C19H26N2O3. The van der Waals surface area contributed by atoms with E-state index in [1.807, 2.05) is 29.2 Å². The van der Waals surface area contributed by atoms with Crippen LogP contribution in [0.15, 0.2) is 24.3 Å². The summed E-state index contributed by atoms with van der Waals surface area (Å²) in [6.07, 6.45) is 2.91. The van der Waals surface area contributed by atoms with E-state index in [4.69, 9.17) is 9.47 Å². The highest BCUT2D eigenvalue weighted by molar-refractivity contribution is 5.94. The Bertz CT molecular complexity index is 585. The summed E-state index contributed by atoms with van der Waals surface area (Å²) in [7, 11) is 1.68. The third-order valence-electron chi connectivity index (χ3n) is 5.41. The van der Waals surface area contributed by atoms with Gasteiger partial charge in [0.1, 0.15) is 0 Å². The number of nitrogens with zero attached hydrogens (tertiary/aromatic N) is 2. The van der Waals surface area contributed by atoms with E-state index in [0.29, 0.717) is 19.2 Å². The number of fused-ring (bicyclic) bond motifs is 1. The molecule has 2 aliphatic heterocycles. The Kier molecular flexibility index (Phi) is 4.57. The number of ether oxygens (including phenoxy) is 2. The van der Waals surface area contributed by atoms with Crippen LogP contribution in [0, 0.1) is 5.92 Å². The third-order valence-corrected chi connectivity index (χ3v) is 5.41. The van der Waals surface area contributed by atoms with Crippen molar-refractivity contribution >= 4 is 5.91 Å². The molecule has 1 amide bonds. The molecule has 2 saturated heterocycles. The summed E-state index contributed by atoms with van der Waals surface area (Å²) in [5, 5.41) is 0. The van der Waals surface area contributed by atoms with Gasteiger partial charge in [0.25, 0.3) is 5.91 Å². The van der Waals surface area contributed by atoms with Gasteiger partial charge >= 0.3 is 0 Å². The summed E-state index contributed by atoms with van der Waals surface area (Å²) in [5.41, 5.74) is 1.84. The average Bonchev–Trinajstić information content (AvgIpc) is 3.30. The molecule has 5 nitrogen and oxygen atoms in total. The van der Waals surface area contributed by atoms with Gasteiger partial charge in [-0.05, 0) is 36.5 Å². The summed E-state index contributed by atoms with van der Waals surface area (Å²) in [4.78, 5) is 17.3. The number of hydrogen-bond acceptors (Lipinski definition) is 4. The van der Waals surface area contributed by atoms with Crippen LogP contribution in [0.3, 0.4) is 0 Å². The van der Waals surface area contributed by atoms with Gasteiger partial charge in [-0.25, -0.2) is 0 Å². The standard InChI is InChI=1S/C19H26N2O3/c1-23-13-15-4-6-16(7-5-15)19(22)21-11-17-18(12-21)24-9-8-20(17)10-14-2-3-14/h4-7,14,17-18H,2-3,8-13H2,1H3/t17-,18+/m1/s1. The van der Waals surface area contributed by atoms with E-state index in [1.54, 1.807) is 7.11 Å². The van der Waals surface area contributed by atoms with Gasteiger partial charge in [-0.1, -0.05) is 12.1 Å². The van der Waals surface area contributed by atoms with E-state index in [-0.39, 0.29) is 12.0 Å². The first-order chi connectivity index (χ1) is 11.7. The highest BCUT2D eigenvalue weighted by Gasteiger charge is 2.43. The predicted molar refractivity (Wildman–Crippen MR) is 90.9 cm³/mol. The van der Waals surface area contributed by atoms with Crippen molar-refractivity contribution in [2.45, 2.75) is 31.6 Å². The van der Waals surface area contributed by atoms with Crippen molar-refractivity contribution in [3.05, 3.63) is 35.4 Å². The summed E-state index contributed by atoms with van der Waals surface area (Å²) < 4.78 is 11.1. The average molecular weight is 330 g/mol. The topological polar surface area (TPSA) is 42.0 Å². The number of hydrogen-bond donors (Lipinski definition) is 0. The third kappa shape index (κ3) is 3.34. The van der Waals surface area contributed by atoms with Gasteiger partial charge in [0, 0.05) is 38.9 Å². The molecule has 1 aliphatic carbocycles. The minimum atomic E-state index is 0.114. The Balaban J connectivity index is 1.42. The first kappa shape index (κ1) is 16.1. The zero-order chi connectivity index (χ0) is 16.5. The van der Waals surface area contributed by atoms with Gasteiger partial charge in [-0.3, -0.25) is 9.69 Å². The van der Waals surface area contributed by atoms with Crippen LogP contribution in [0.5, 0.6) is 0 Å². The second-order valence-electron chi connectivity index (χ2n) is 7.25. The Hall–Kier alpha value is -1.43. The van der Waals surface area contributed by atoms with Crippen molar-refractivity contribution in [2.75, 3.05) is 39.9 Å². The van der Waals surface area contributed by atoms with Crippen molar-refractivity contribution < 1.29 is 14.3 Å². The molecule has 3 fully saturated rings. The Morgan fingerprint density at radius 3 is 2.75 bits per heavy atom. The molecule has 0 bridgehead atoms. The number of morpholine rings is 1. The number of methoxy groups -OCH3 is 1. The van der Waals surface area contributed by atoms with Crippen LogP contribution >= 0.6 is 0 Å². The molecule has 5 heteroatoms. The van der Waals surface area contributed by atoms with Gasteiger partial charge in [-0.15, -0.1) is 0 Å². The molecule has 1 saturated carbocycles. The van der Waals surface area contributed by atoms with Crippen LogP contribution in [0.25, 0.3) is 0 Å². The van der Waals surface area contributed by atoms with Crippen LogP contribution in [0.1, 0.15) is 28.8 Å². The van der Waals surface area contributed by atoms with E-state index in [1.165, 1.54) is 19.4 Å². The monoisotopic (exact) mass is 330 g/mol. The Labute approximate surface area is 143 Å². The summed E-state index contributed by atoms with van der Waals surface area (Å²) in [6, 6.07) is 8.12. The molecule has 1 aromatic carbocycles. The molecular weight excluding hydrogens is 304 g/mol. The van der Waals surface area contributed by atoms with Crippen LogP contribution in [-0.4, -0.2) is 67.7 Å². The molecule has 0 N–H and O–H groups in total. The van der Waals surface area contributed by atoms with Gasteiger partial charge in [0.05, 0.1) is 25.4 Å². The quantitative estimate of drug-likeness (QED) is 0.825. The van der Waals surface area contributed by atoms with Crippen molar-refractivity contribution in [1.29, 1.82) is 0 Å². The van der Waals surface area contributed by atoms with E-state index in [0.717, 1.165) is 36.7 Å². The maximum absolute atomic E-state index is 12.8. The van der Waals surface area contributed by atoms with Crippen LogP contribution in [0.4, 0.5) is 0 Å². The number of carbonyl (C=O) groups excluding carboxylic acids is 1. The van der Waals surface area contributed by atoms with Crippen LogP contribution in [0.2, 0.25) is 0 Å². The zero-order valence-electron chi connectivity index (χ0n) is 14.3. The smallest absolute Gasteiger partial charge is 0.253 e. The van der Waals surface area contributed by atoms with Crippen molar-refractivity contribution in [3.63, 3.8) is 0 Å². The molecule has 0 aromatic heterocycles. The minimum absolute atomic E-state index is 0.114. The minimum Gasteiger partial charge on any atom is -0.380 e. The normalized spacial score (nSPS) is 27.3. The molecule has 130 valence electrons. The molecule has 3 aliphatic rings. The number of benzene rings is 1. The Morgan fingerprint density at radius 1 is 1.25 bits per heavy atom. The largest absolute Gasteiger partial charge is 0.380 e. The first-order valence-electron chi connectivity index (χ1n) is 8.97. The number of likely N-dealkylation sites (tertiary alicyclic amines) is 1. The maximum Gasteiger partial charge on any atom is 0.253 e. The number of rotatable bonds is 5. The van der Waals surface area contributed by atoms with Crippen molar-refractivity contribution in [3.8, 4) is 0 Å². The van der Waals surface area contributed by atoms with Gasteiger partial charge in [0.15, 0.2) is 0 Å². The predicted octanol–water partition coefficient (Wildman–Crippen LogP) is 1.77. The molecule has 2 heterocycles. The van der Waals surface area contributed by atoms with Crippen LogP contribution in [-0.2, 0) is 16.1 Å². The summed E-state index contributed by atoms with van der Waals surface area (Å²) in [6.45, 7) is 5.05. The van der Waals surface area contributed by atoms with Gasteiger partial charge < -0.3 is 14.4 Å². The highest BCUT2D eigenvalue weighted by atomic mass is 16.5. The lowest BCUT2D eigenvalue weighted by Crippen LogP contribution is -2.51. The zero-order valence-corrected chi connectivity index (χ0v) is 14.3.